The van der Waals surface area contributed by atoms with E-state index in [4.69, 9.17) is 4.74 Å². The first kappa shape index (κ1) is 18.9. The molecule has 2 aromatic heterocycles. The number of carbonyl (C=O) groups is 1. The first-order chi connectivity index (χ1) is 14.2. The lowest BCUT2D eigenvalue weighted by molar-refractivity contribution is 0.0953. The number of nitrogens with zero attached hydrogens (tertiary/aromatic N) is 3. The van der Waals surface area contributed by atoms with E-state index in [0.717, 1.165) is 27.4 Å². The molecule has 2 heterocycles. The van der Waals surface area contributed by atoms with Gasteiger partial charge in [0, 0.05) is 10.6 Å². The van der Waals surface area contributed by atoms with Crippen molar-refractivity contribution in [1.29, 1.82) is 0 Å². The van der Waals surface area contributed by atoms with Crippen molar-refractivity contribution in [3.63, 3.8) is 0 Å². The van der Waals surface area contributed by atoms with Gasteiger partial charge in [-0.05, 0) is 48.4 Å². The summed E-state index contributed by atoms with van der Waals surface area (Å²) in [6, 6.07) is 19.6. The van der Waals surface area contributed by atoms with Crippen LogP contribution < -0.4 is 10.1 Å². The number of benzene rings is 2. The molecule has 29 heavy (non-hydrogen) atoms. The summed E-state index contributed by atoms with van der Waals surface area (Å²) in [6.45, 7) is 2.32. The number of aryl methyl sites for hydroxylation is 1. The van der Waals surface area contributed by atoms with Gasteiger partial charge in [0.15, 0.2) is 5.82 Å². The average Bonchev–Trinajstić information content (AvgIpc) is 3.39. The summed E-state index contributed by atoms with van der Waals surface area (Å²) in [5.41, 5.74) is 3.06. The molecule has 0 atom stereocenters. The first-order valence-electron chi connectivity index (χ1n) is 9.13. The number of ether oxygens (including phenoxy) is 1. The Morgan fingerprint density at radius 3 is 2.62 bits per heavy atom. The van der Waals surface area contributed by atoms with Gasteiger partial charge < -0.3 is 10.1 Å². The van der Waals surface area contributed by atoms with Crippen LogP contribution in [0.25, 0.3) is 16.8 Å². The van der Waals surface area contributed by atoms with Crippen LogP contribution in [0.2, 0.25) is 0 Å². The number of nitrogens with one attached hydrogen (secondary N) is 1. The third-order valence-electron chi connectivity index (χ3n) is 4.60. The number of methoxy groups -OCH3 is 1. The molecular formula is C22H20N4O2S. The largest absolute Gasteiger partial charge is 0.497 e. The number of amides is 1. The minimum Gasteiger partial charge on any atom is -0.497 e. The minimum absolute atomic E-state index is 0.125. The van der Waals surface area contributed by atoms with Crippen LogP contribution in [0.4, 0.5) is 0 Å². The normalized spacial score (nSPS) is 10.7. The molecule has 0 aliphatic carbocycles. The molecule has 0 spiro atoms. The maximum atomic E-state index is 12.7. The Hall–Kier alpha value is -3.45. The van der Waals surface area contributed by atoms with Crippen molar-refractivity contribution in [2.45, 2.75) is 13.5 Å². The second-order valence-electron chi connectivity index (χ2n) is 6.44. The fourth-order valence-corrected chi connectivity index (χ4v) is 4.04. The Labute approximate surface area is 172 Å². The van der Waals surface area contributed by atoms with E-state index in [-0.39, 0.29) is 5.91 Å². The molecule has 4 rings (SSSR count). The van der Waals surface area contributed by atoms with Gasteiger partial charge in [0.1, 0.15) is 12.1 Å². The topological polar surface area (TPSA) is 69.0 Å². The second-order valence-corrected chi connectivity index (χ2v) is 7.70. The highest BCUT2D eigenvalue weighted by Gasteiger charge is 2.15. The number of hydrogen-bond acceptors (Lipinski definition) is 5. The van der Waals surface area contributed by atoms with Crippen molar-refractivity contribution in [1.82, 2.24) is 20.1 Å². The Bertz CT molecular complexity index is 1120. The molecule has 4 aromatic rings. The summed E-state index contributed by atoms with van der Waals surface area (Å²) in [5.74, 6) is 1.36. The number of para-hydroxylation sites is 1. The van der Waals surface area contributed by atoms with E-state index in [9.17, 15) is 4.79 Å². The molecule has 0 saturated carbocycles. The SMILES string of the molecule is COc1ccc(-c2cc(C(=O)NCc3nncn3-c3ccccc3)sc2C)cc1. The van der Waals surface area contributed by atoms with Gasteiger partial charge in [-0.3, -0.25) is 9.36 Å². The van der Waals surface area contributed by atoms with Crippen LogP contribution in [0.15, 0.2) is 67.0 Å². The summed E-state index contributed by atoms with van der Waals surface area (Å²) in [6.07, 6.45) is 1.65. The van der Waals surface area contributed by atoms with Gasteiger partial charge in [0.2, 0.25) is 0 Å². The monoisotopic (exact) mass is 404 g/mol. The van der Waals surface area contributed by atoms with E-state index in [1.54, 1.807) is 13.4 Å². The second kappa shape index (κ2) is 8.28. The van der Waals surface area contributed by atoms with E-state index in [0.29, 0.717) is 17.2 Å². The van der Waals surface area contributed by atoms with Gasteiger partial charge in [-0.15, -0.1) is 21.5 Å². The molecule has 7 heteroatoms. The van der Waals surface area contributed by atoms with Gasteiger partial charge in [-0.25, -0.2) is 0 Å². The van der Waals surface area contributed by atoms with E-state index in [1.165, 1.54) is 11.3 Å². The van der Waals surface area contributed by atoms with Crippen LogP contribution in [0.3, 0.4) is 0 Å². The summed E-state index contributed by atoms with van der Waals surface area (Å²) in [7, 11) is 1.64. The minimum atomic E-state index is -0.125. The molecule has 1 amide bonds. The van der Waals surface area contributed by atoms with E-state index < -0.39 is 0 Å². The Morgan fingerprint density at radius 2 is 1.90 bits per heavy atom. The molecular weight excluding hydrogens is 384 g/mol. The van der Waals surface area contributed by atoms with Gasteiger partial charge in [-0.2, -0.15) is 0 Å². The molecule has 0 bridgehead atoms. The summed E-state index contributed by atoms with van der Waals surface area (Å²) in [4.78, 5) is 14.5. The molecule has 0 aliphatic rings. The van der Waals surface area contributed by atoms with Crippen LogP contribution in [0.5, 0.6) is 5.75 Å². The van der Waals surface area contributed by atoms with E-state index >= 15 is 0 Å². The molecule has 1 N–H and O–H groups in total. The Morgan fingerprint density at radius 1 is 1.14 bits per heavy atom. The third-order valence-corrected chi connectivity index (χ3v) is 5.65. The maximum Gasteiger partial charge on any atom is 0.261 e. The number of rotatable bonds is 6. The van der Waals surface area contributed by atoms with Crippen molar-refractivity contribution in [2.24, 2.45) is 0 Å². The molecule has 0 unspecified atom stereocenters. The Kier molecular flexibility index (Phi) is 5.39. The average molecular weight is 404 g/mol. The number of aromatic nitrogens is 3. The van der Waals surface area contributed by atoms with Crippen LogP contribution >= 0.6 is 11.3 Å². The smallest absolute Gasteiger partial charge is 0.261 e. The summed E-state index contributed by atoms with van der Waals surface area (Å²) in [5, 5.41) is 11.1. The van der Waals surface area contributed by atoms with Gasteiger partial charge in [-0.1, -0.05) is 30.3 Å². The van der Waals surface area contributed by atoms with Gasteiger partial charge in [0.25, 0.3) is 5.91 Å². The molecule has 146 valence electrons. The molecule has 0 fully saturated rings. The molecule has 2 aromatic carbocycles. The molecule has 6 nitrogen and oxygen atoms in total. The Balaban J connectivity index is 1.48. The first-order valence-corrected chi connectivity index (χ1v) is 9.94. The molecule has 0 saturated heterocycles. The van der Waals surface area contributed by atoms with Crippen molar-refractivity contribution in [2.75, 3.05) is 7.11 Å². The van der Waals surface area contributed by atoms with E-state index in [1.807, 2.05) is 72.2 Å². The summed E-state index contributed by atoms with van der Waals surface area (Å²) >= 11 is 1.48. The zero-order valence-corrected chi connectivity index (χ0v) is 16.9. The number of carbonyl (C=O) groups excluding carboxylic acids is 1. The predicted molar refractivity (Wildman–Crippen MR) is 114 cm³/mol. The van der Waals surface area contributed by atoms with Crippen molar-refractivity contribution < 1.29 is 9.53 Å². The zero-order chi connectivity index (χ0) is 20.2. The fraction of sp³-hybridized carbons (Fsp3) is 0.136. The van der Waals surface area contributed by atoms with Crippen molar-refractivity contribution in [3.05, 3.63) is 82.6 Å². The predicted octanol–water partition coefficient (Wildman–Crippen LogP) is 4.24. The van der Waals surface area contributed by atoms with Crippen LogP contribution in [-0.4, -0.2) is 27.8 Å². The van der Waals surface area contributed by atoms with E-state index in [2.05, 4.69) is 15.5 Å². The summed E-state index contributed by atoms with van der Waals surface area (Å²) < 4.78 is 7.08. The third kappa shape index (κ3) is 4.05. The molecule has 0 radical (unpaired) electrons. The maximum absolute atomic E-state index is 12.7. The van der Waals surface area contributed by atoms with Crippen LogP contribution in [0, 0.1) is 6.92 Å². The highest BCUT2D eigenvalue weighted by atomic mass is 32.1. The number of hydrogen-bond donors (Lipinski definition) is 1. The quantitative estimate of drug-likeness (QED) is 0.522. The van der Waals surface area contributed by atoms with Crippen molar-refractivity contribution in [3.8, 4) is 22.6 Å². The van der Waals surface area contributed by atoms with Crippen LogP contribution in [-0.2, 0) is 6.54 Å². The highest BCUT2D eigenvalue weighted by molar-refractivity contribution is 7.14. The fourth-order valence-electron chi connectivity index (χ4n) is 3.08. The van der Waals surface area contributed by atoms with Crippen molar-refractivity contribution >= 4 is 17.2 Å². The lowest BCUT2D eigenvalue weighted by Gasteiger charge is -2.07. The van der Waals surface area contributed by atoms with Gasteiger partial charge in [0.05, 0.1) is 18.5 Å². The van der Waals surface area contributed by atoms with Crippen LogP contribution in [0.1, 0.15) is 20.4 Å². The highest BCUT2D eigenvalue weighted by Crippen LogP contribution is 2.32. The standard InChI is InChI=1S/C22H20N4O2S/c1-15-19(16-8-10-18(28-2)11-9-16)12-20(29-15)22(27)23-13-21-25-24-14-26(21)17-6-4-3-5-7-17/h3-12,14H,13H2,1-2H3,(H,23,27). The number of thiophene rings is 1. The van der Waals surface area contributed by atoms with Gasteiger partial charge >= 0.3 is 0 Å². The lowest BCUT2D eigenvalue weighted by Crippen LogP contribution is -2.23. The lowest BCUT2D eigenvalue weighted by atomic mass is 10.1. The zero-order valence-electron chi connectivity index (χ0n) is 16.1. The molecule has 0 aliphatic heterocycles.